The zero-order valence-corrected chi connectivity index (χ0v) is 49.7. The number of carbonyl (C=O) groups excluding carboxylic acids is 14. The smallest absolute Gasteiger partial charge is 0.305 e. The summed E-state index contributed by atoms with van der Waals surface area (Å²) in [6, 6.07) is 0. The molecule has 20 atom stereocenters. The van der Waals surface area contributed by atoms with Crippen molar-refractivity contribution in [2.45, 2.75) is 220 Å². The van der Waals surface area contributed by atoms with E-state index in [-0.39, 0.29) is 0 Å². The second kappa shape index (κ2) is 32.9. The van der Waals surface area contributed by atoms with Crippen LogP contribution in [0, 0.1) is 0 Å². The maximum absolute atomic E-state index is 13.2. The lowest BCUT2D eigenvalue weighted by Crippen LogP contribution is -2.68. The molecule has 0 saturated carbocycles. The molecule has 35 nitrogen and oxygen atoms in total. The van der Waals surface area contributed by atoms with Crippen molar-refractivity contribution in [3.8, 4) is 0 Å². The fourth-order valence-corrected chi connectivity index (χ4v) is 9.36. The maximum atomic E-state index is 13.2. The van der Waals surface area contributed by atoms with E-state index in [9.17, 15) is 67.1 Å². The van der Waals surface area contributed by atoms with Crippen molar-refractivity contribution in [2.75, 3.05) is 26.4 Å². The molecule has 4 rings (SSSR count). The summed E-state index contributed by atoms with van der Waals surface area (Å²) in [4.78, 5) is 177. The van der Waals surface area contributed by atoms with E-state index in [1.165, 1.54) is 0 Å². The second-order valence-electron chi connectivity index (χ2n) is 19.5. The van der Waals surface area contributed by atoms with Gasteiger partial charge >= 0.3 is 83.6 Å². The van der Waals surface area contributed by atoms with Crippen LogP contribution in [0.2, 0.25) is 0 Å². The first-order chi connectivity index (χ1) is 40.6. The third-order valence-electron chi connectivity index (χ3n) is 12.0. The van der Waals surface area contributed by atoms with Crippen molar-refractivity contribution in [2.24, 2.45) is 0 Å². The highest BCUT2D eigenvalue weighted by Gasteiger charge is 2.60. The quantitative estimate of drug-likeness (QED) is 0.0763. The number of carbonyl (C=O) groups is 14. The number of rotatable bonds is 24. The summed E-state index contributed by atoms with van der Waals surface area (Å²) in [6.07, 6.45) is -37.4. The van der Waals surface area contributed by atoms with E-state index >= 15 is 0 Å². The van der Waals surface area contributed by atoms with Gasteiger partial charge in [0.05, 0.1) is 13.2 Å². The predicted octanol–water partition coefficient (Wildman–Crippen LogP) is -1.76. The summed E-state index contributed by atoms with van der Waals surface area (Å²) in [5, 5.41) is 0. The van der Waals surface area contributed by atoms with Crippen LogP contribution in [0.3, 0.4) is 0 Å². The zero-order chi connectivity index (χ0) is 65.3. The summed E-state index contributed by atoms with van der Waals surface area (Å²) >= 11 is 0. The predicted molar refractivity (Wildman–Crippen MR) is 268 cm³/mol. The number of esters is 14. The van der Waals surface area contributed by atoms with E-state index in [1.54, 1.807) is 0 Å². The van der Waals surface area contributed by atoms with Crippen LogP contribution in [-0.2, 0) is 167 Å². The second-order valence-corrected chi connectivity index (χ2v) is 19.5. The lowest BCUT2D eigenvalue weighted by atomic mass is 9.95. The molecule has 0 aromatic heterocycles. The zero-order valence-electron chi connectivity index (χ0n) is 49.7. The fraction of sp³-hybridized carbons (Fsp3) is 0.731. The Kier molecular flexibility index (Phi) is 27.1. The van der Waals surface area contributed by atoms with Gasteiger partial charge in [-0.1, -0.05) is 0 Å². The van der Waals surface area contributed by atoms with Crippen LogP contribution >= 0.6 is 0 Å². The highest BCUT2D eigenvalue weighted by atomic mass is 16.8. The number of ether oxygens (including phenoxy) is 21. The first kappa shape index (κ1) is 71.8. The van der Waals surface area contributed by atoms with E-state index in [0.717, 1.165) is 96.9 Å². The average molecular weight is 1260 g/mol. The van der Waals surface area contributed by atoms with Crippen LogP contribution in [0.25, 0.3) is 0 Å². The van der Waals surface area contributed by atoms with Crippen molar-refractivity contribution in [3.63, 3.8) is 0 Å². The molecule has 4 aliphatic rings. The van der Waals surface area contributed by atoms with Gasteiger partial charge in [-0.2, -0.15) is 0 Å². The molecule has 4 fully saturated rings. The fourth-order valence-electron chi connectivity index (χ4n) is 9.36. The van der Waals surface area contributed by atoms with E-state index in [2.05, 4.69) is 0 Å². The van der Waals surface area contributed by atoms with Gasteiger partial charge in [-0.3, -0.25) is 67.1 Å². The minimum Gasteiger partial charge on any atom is -0.463 e. The summed E-state index contributed by atoms with van der Waals surface area (Å²) in [5.74, 6) is -14.3. The topological polar surface area (TPSA) is 433 Å². The van der Waals surface area contributed by atoms with Crippen LogP contribution in [0.15, 0.2) is 0 Å². The van der Waals surface area contributed by atoms with Gasteiger partial charge in [0.15, 0.2) is 79.9 Å². The number of hydrogen-bond donors (Lipinski definition) is 0. The first-order valence-electron chi connectivity index (χ1n) is 26.5. The maximum Gasteiger partial charge on any atom is 0.305 e. The molecular weight excluding hydrogens is 1180 g/mol. The molecule has 4 aliphatic heterocycles. The monoisotopic (exact) mass is 1250 g/mol. The molecular formula is C52H70O35. The Bertz CT molecular complexity index is 2530. The van der Waals surface area contributed by atoms with Gasteiger partial charge < -0.3 is 99.5 Å². The average Bonchev–Trinajstić information content (AvgIpc) is 1.51. The van der Waals surface area contributed by atoms with Gasteiger partial charge in [0.2, 0.25) is 12.4 Å². The van der Waals surface area contributed by atoms with Crippen molar-refractivity contribution >= 4 is 83.6 Å². The van der Waals surface area contributed by atoms with Gasteiger partial charge in [0.25, 0.3) is 0 Å². The molecule has 87 heavy (non-hydrogen) atoms. The van der Waals surface area contributed by atoms with Crippen LogP contribution in [0.5, 0.6) is 0 Å². The Balaban J connectivity index is 1.90. The van der Waals surface area contributed by atoms with Gasteiger partial charge in [-0.05, 0) is 0 Å². The van der Waals surface area contributed by atoms with Crippen LogP contribution in [0.4, 0.5) is 0 Å². The largest absolute Gasteiger partial charge is 0.463 e. The van der Waals surface area contributed by atoms with E-state index in [4.69, 9.17) is 99.5 Å². The Hall–Kier alpha value is -7.70. The molecule has 0 aromatic rings. The Morgan fingerprint density at radius 1 is 0.218 bits per heavy atom. The van der Waals surface area contributed by atoms with Crippen molar-refractivity contribution in [3.05, 3.63) is 0 Å². The molecule has 0 radical (unpaired) electrons. The highest BCUT2D eigenvalue weighted by molar-refractivity contribution is 5.72. The molecule has 488 valence electrons. The van der Waals surface area contributed by atoms with Crippen molar-refractivity contribution in [1.29, 1.82) is 0 Å². The normalized spacial score (nSPS) is 31.9. The molecule has 0 N–H and O–H groups in total. The van der Waals surface area contributed by atoms with Gasteiger partial charge in [-0.15, -0.1) is 0 Å². The summed E-state index contributed by atoms with van der Waals surface area (Å²) < 4.78 is 120. The lowest BCUT2D eigenvalue weighted by Gasteiger charge is -2.49. The summed E-state index contributed by atoms with van der Waals surface area (Å²) in [6.45, 7) is 9.84. The molecule has 0 aromatic carbocycles. The van der Waals surface area contributed by atoms with Gasteiger partial charge in [0, 0.05) is 96.9 Å². The van der Waals surface area contributed by atoms with Crippen LogP contribution in [-0.4, -0.2) is 233 Å². The van der Waals surface area contributed by atoms with Crippen molar-refractivity contribution in [1.82, 2.24) is 0 Å². The molecule has 0 aliphatic carbocycles. The molecule has 4 saturated heterocycles. The lowest BCUT2D eigenvalue weighted by molar-refractivity contribution is -0.369. The Morgan fingerprint density at radius 3 is 0.713 bits per heavy atom. The van der Waals surface area contributed by atoms with E-state index < -0.39 is 233 Å². The van der Waals surface area contributed by atoms with E-state index in [0.29, 0.717) is 0 Å². The van der Waals surface area contributed by atoms with Gasteiger partial charge in [0.1, 0.15) is 43.7 Å². The highest BCUT2D eigenvalue weighted by Crippen LogP contribution is 2.38. The van der Waals surface area contributed by atoms with E-state index in [1.807, 2.05) is 0 Å². The summed E-state index contributed by atoms with van der Waals surface area (Å²) in [5.41, 5.74) is 0. The Morgan fingerprint density at radius 2 is 0.425 bits per heavy atom. The SMILES string of the molecule is CC(=O)OCC1O[C@H](OCC2O[C@H](O[C@@H]3C(COC(C)=O)O[C@H](OCC4O[C@@H](OC(C)=O)[C@@H](OC(C)=O)[C@@H](OC(C)=O)[C@@H]4OC(C)=O)[C@@H](OC(C)=O)[C@H]3OC(C)=O)[C@@H](OC(C)=O)[C@@H](OC(C)=O)[C@@H]2OC(C)=O)[C@@H](OC(C)=O)[C@@H](OC(C)=O)[C@@H]1OC(C)=O. The molecule has 0 bridgehead atoms. The standard InChI is InChI=1S/C52H70O35/c1-19(53)67-15-33-37(71-21(3)55)41(74-24(6)58)45(78-28(10)62)49(83-33)70-18-36-39(73-23(5)57)43(76-26(8)60)48(81-31(13)65)52(86-36)87-40-34(16-68-20(2)54)84-50(46(79-29(11)63)44(40)77-27(9)61)69-17-35-38(72-22(4)56)42(75-25(7)59)47(80-30(12)64)51(85-35)82-32(14)66/h33-52H,15-18H2,1-14H3/t33?,34?,35?,36?,37-,38-,39-,40-,41+,42+,43+,44+,45+,46+,47+,48+,49+,50+,51-,52-/m1/s1. The first-order valence-corrected chi connectivity index (χ1v) is 26.5. The van der Waals surface area contributed by atoms with Gasteiger partial charge in [-0.25, -0.2) is 0 Å². The Labute approximate surface area is 495 Å². The third-order valence-corrected chi connectivity index (χ3v) is 12.0. The minimum absolute atomic E-state index is 0.696. The molecule has 4 unspecified atom stereocenters. The third kappa shape index (κ3) is 21.9. The molecule has 4 heterocycles. The van der Waals surface area contributed by atoms with Crippen LogP contribution < -0.4 is 0 Å². The van der Waals surface area contributed by atoms with Crippen molar-refractivity contribution < 1.29 is 167 Å². The molecule has 35 heteroatoms. The summed E-state index contributed by atoms with van der Waals surface area (Å²) in [7, 11) is 0. The van der Waals surface area contributed by atoms with Crippen LogP contribution in [0.1, 0.15) is 96.9 Å². The minimum atomic E-state index is -2.20. The molecule has 0 amide bonds. The molecule has 0 spiro atoms. The number of hydrogen-bond acceptors (Lipinski definition) is 35.